The monoisotopic (exact) mass is 147 g/mol. The van der Waals surface area contributed by atoms with Crippen LogP contribution in [0.5, 0.6) is 0 Å². The Hall–Kier alpha value is -0.520. The molecule has 3 unspecified atom stereocenters. The number of hydrogen-bond acceptors (Lipinski definition) is 4. The minimum absolute atomic E-state index is 0.405. The minimum Gasteiger partial charge on any atom is -0.613 e. The van der Waals surface area contributed by atoms with Crippen LogP contribution in [0.2, 0.25) is 0 Å². The number of rotatable bonds is 4. The SMILES string of the molecule is CCC(C(C)N=O)[NH+](N)[O-]. The van der Waals surface area contributed by atoms with E-state index in [0.29, 0.717) is 6.42 Å². The van der Waals surface area contributed by atoms with E-state index in [1.165, 1.54) is 0 Å². The van der Waals surface area contributed by atoms with E-state index in [0.717, 1.165) is 0 Å². The number of quaternary nitrogens is 1. The average molecular weight is 147 g/mol. The van der Waals surface area contributed by atoms with Crippen molar-refractivity contribution in [2.75, 3.05) is 0 Å². The number of nitrogens with two attached hydrogens (primary N) is 1. The van der Waals surface area contributed by atoms with Gasteiger partial charge >= 0.3 is 0 Å². The third-order valence-corrected chi connectivity index (χ3v) is 1.55. The molecule has 0 amide bonds. The first-order valence-corrected chi connectivity index (χ1v) is 3.25. The van der Waals surface area contributed by atoms with Crippen LogP contribution in [-0.4, -0.2) is 12.1 Å². The zero-order chi connectivity index (χ0) is 8.15. The smallest absolute Gasteiger partial charge is 0.143 e. The second-order valence-electron chi connectivity index (χ2n) is 2.26. The van der Waals surface area contributed by atoms with Crippen LogP contribution in [0, 0.1) is 10.1 Å². The van der Waals surface area contributed by atoms with Crippen LogP contribution in [0.3, 0.4) is 0 Å². The van der Waals surface area contributed by atoms with E-state index in [-0.39, 0.29) is 0 Å². The van der Waals surface area contributed by atoms with Crippen LogP contribution in [0.15, 0.2) is 5.18 Å². The Balaban J connectivity index is 3.92. The van der Waals surface area contributed by atoms with Gasteiger partial charge in [-0.05, 0) is 6.92 Å². The number of nitrogens with one attached hydrogen (secondary N) is 1. The standard InChI is InChI=1S/C5H13N3O2/c1-3-5(8(6)10)4(2)7-9/h4-5,8H,3,6H2,1-2H3. The van der Waals surface area contributed by atoms with Crippen LogP contribution >= 0.6 is 0 Å². The largest absolute Gasteiger partial charge is 0.613 e. The first kappa shape index (κ1) is 9.48. The fourth-order valence-electron chi connectivity index (χ4n) is 0.853. The molecule has 0 fully saturated rings. The highest BCUT2D eigenvalue weighted by Gasteiger charge is 2.20. The molecule has 0 saturated heterocycles. The van der Waals surface area contributed by atoms with Crippen LogP contribution in [0.4, 0.5) is 0 Å². The van der Waals surface area contributed by atoms with E-state index in [4.69, 9.17) is 5.84 Å². The molecule has 0 aromatic heterocycles. The maximum atomic E-state index is 10.6. The van der Waals surface area contributed by atoms with E-state index in [9.17, 15) is 10.1 Å². The van der Waals surface area contributed by atoms with Gasteiger partial charge in [0, 0.05) is 6.42 Å². The predicted molar refractivity (Wildman–Crippen MR) is 37.9 cm³/mol. The van der Waals surface area contributed by atoms with Crippen molar-refractivity contribution < 1.29 is 5.17 Å². The normalized spacial score (nSPS) is 19.6. The van der Waals surface area contributed by atoms with Gasteiger partial charge in [0.1, 0.15) is 12.1 Å². The van der Waals surface area contributed by atoms with Crippen molar-refractivity contribution in [2.24, 2.45) is 11.0 Å². The van der Waals surface area contributed by atoms with E-state index < -0.39 is 17.3 Å². The Bertz CT molecular complexity index is 107. The van der Waals surface area contributed by atoms with Gasteiger partial charge < -0.3 is 5.21 Å². The highest BCUT2D eigenvalue weighted by molar-refractivity contribution is 4.67. The van der Waals surface area contributed by atoms with E-state index >= 15 is 0 Å². The van der Waals surface area contributed by atoms with Crippen molar-refractivity contribution in [3.63, 3.8) is 0 Å². The summed E-state index contributed by atoms with van der Waals surface area (Å²) in [6.45, 7) is 3.39. The van der Waals surface area contributed by atoms with Crippen molar-refractivity contribution >= 4 is 0 Å². The lowest BCUT2D eigenvalue weighted by molar-refractivity contribution is -0.889. The molecule has 0 aromatic carbocycles. The molecule has 0 saturated carbocycles. The highest BCUT2D eigenvalue weighted by atomic mass is 16.5. The summed E-state index contributed by atoms with van der Waals surface area (Å²) in [6, 6.07) is -0.903. The zero-order valence-electron chi connectivity index (χ0n) is 6.20. The molecular weight excluding hydrogens is 134 g/mol. The van der Waals surface area contributed by atoms with Crippen molar-refractivity contribution in [1.29, 1.82) is 0 Å². The van der Waals surface area contributed by atoms with Crippen molar-refractivity contribution in [2.45, 2.75) is 32.4 Å². The number of nitrogens with zero attached hydrogens (tertiary/aromatic N) is 1. The summed E-state index contributed by atoms with van der Waals surface area (Å²) in [5, 5.41) is 12.8. The van der Waals surface area contributed by atoms with Gasteiger partial charge in [0.2, 0.25) is 0 Å². The lowest BCUT2D eigenvalue weighted by atomic mass is 10.1. The van der Waals surface area contributed by atoms with E-state index in [1.807, 2.05) is 0 Å². The number of hydrogen-bond donors (Lipinski definition) is 2. The molecule has 0 aliphatic rings. The lowest BCUT2D eigenvalue weighted by Crippen LogP contribution is -3.18. The summed E-state index contributed by atoms with van der Waals surface area (Å²) in [4.78, 5) is 9.95. The first-order chi connectivity index (χ1) is 4.63. The molecule has 0 bridgehead atoms. The summed E-state index contributed by atoms with van der Waals surface area (Å²) in [5.74, 6) is 4.99. The van der Waals surface area contributed by atoms with Gasteiger partial charge in [-0.3, -0.25) is 5.17 Å². The Kier molecular flexibility index (Phi) is 4.10. The molecule has 3 N–H and O–H groups in total. The van der Waals surface area contributed by atoms with Gasteiger partial charge in [-0.15, -0.1) is 0 Å². The predicted octanol–water partition coefficient (Wildman–Crippen LogP) is -0.824. The Labute approximate surface area is 59.7 Å². The Morgan fingerprint density at radius 3 is 2.40 bits per heavy atom. The van der Waals surface area contributed by atoms with Crippen LogP contribution in [-0.2, 0) is 0 Å². The number of hydroxylamine groups is 1. The molecule has 5 heteroatoms. The molecule has 0 aromatic rings. The van der Waals surface area contributed by atoms with Crippen molar-refractivity contribution in [1.82, 2.24) is 0 Å². The lowest BCUT2D eigenvalue weighted by Gasteiger charge is -2.26. The molecule has 0 aliphatic heterocycles. The topological polar surface area (TPSA) is 83.0 Å². The minimum atomic E-state index is -0.498. The van der Waals surface area contributed by atoms with Gasteiger partial charge in [-0.2, -0.15) is 10.7 Å². The Morgan fingerprint density at radius 1 is 1.80 bits per heavy atom. The van der Waals surface area contributed by atoms with Crippen LogP contribution in [0.25, 0.3) is 0 Å². The van der Waals surface area contributed by atoms with Gasteiger partial charge in [-0.1, -0.05) is 12.1 Å². The molecule has 0 spiro atoms. The van der Waals surface area contributed by atoms with Gasteiger partial charge in [-0.25, -0.2) is 0 Å². The van der Waals surface area contributed by atoms with E-state index in [1.54, 1.807) is 13.8 Å². The second kappa shape index (κ2) is 4.32. The molecular formula is C5H13N3O2. The molecule has 5 nitrogen and oxygen atoms in total. The summed E-state index contributed by atoms with van der Waals surface area (Å²) in [5.41, 5.74) is 0. The van der Waals surface area contributed by atoms with Crippen molar-refractivity contribution in [3.8, 4) is 0 Å². The summed E-state index contributed by atoms with van der Waals surface area (Å²) >= 11 is 0. The summed E-state index contributed by atoms with van der Waals surface area (Å²) < 4.78 is 0. The molecule has 0 aliphatic carbocycles. The third kappa shape index (κ3) is 2.38. The van der Waals surface area contributed by atoms with Gasteiger partial charge in [0.15, 0.2) is 0 Å². The Morgan fingerprint density at radius 2 is 2.30 bits per heavy atom. The maximum absolute atomic E-state index is 10.6. The second-order valence-corrected chi connectivity index (χ2v) is 2.26. The summed E-state index contributed by atoms with van der Waals surface area (Å²) in [7, 11) is 0. The zero-order valence-corrected chi connectivity index (χ0v) is 6.20. The fraction of sp³-hybridized carbons (Fsp3) is 1.00. The summed E-state index contributed by atoms with van der Waals surface area (Å²) in [6.07, 6.45) is 0.572. The van der Waals surface area contributed by atoms with Crippen LogP contribution in [0.1, 0.15) is 20.3 Å². The van der Waals surface area contributed by atoms with E-state index in [2.05, 4.69) is 5.18 Å². The molecule has 3 atom stereocenters. The number of nitroso groups, excluding NO2 is 1. The average Bonchev–Trinajstić information content (AvgIpc) is 1.88. The van der Waals surface area contributed by atoms with Gasteiger partial charge in [0.25, 0.3) is 0 Å². The molecule has 0 rings (SSSR count). The highest BCUT2D eigenvalue weighted by Crippen LogP contribution is 1.96. The molecule has 60 valence electrons. The maximum Gasteiger partial charge on any atom is 0.143 e. The third-order valence-electron chi connectivity index (χ3n) is 1.55. The molecule has 10 heavy (non-hydrogen) atoms. The van der Waals surface area contributed by atoms with Crippen molar-refractivity contribution in [3.05, 3.63) is 10.1 Å². The molecule has 0 heterocycles. The quantitative estimate of drug-likeness (QED) is 0.309. The first-order valence-electron chi connectivity index (χ1n) is 3.25. The van der Waals surface area contributed by atoms with Crippen LogP contribution < -0.4 is 11.0 Å². The fourth-order valence-corrected chi connectivity index (χ4v) is 0.853. The molecule has 0 radical (unpaired) electrons. The van der Waals surface area contributed by atoms with Gasteiger partial charge in [0.05, 0.1) is 0 Å².